The number of nitriles is 1. The number of carboxylic acid groups (broad SMARTS) is 1. The van der Waals surface area contributed by atoms with Crippen LogP contribution in [0.2, 0.25) is 0 Å². The first kappa shape index (κ1) is 25.7. The summed E-state index contributed by atoms with van der Waals surface area (Å²) in [6, 6.07) is 23.6. The number of hydrogen-bond acceptors (Lipinski definition) is 6. The van der Waals surface area contributed by atoms with Crippen LogP contribution in [0.5, 0.6) is 17.2 Å². The third kappa shape index (κ3) is 5.36. The van der Waals surface area contributed by atoms with E-state index in [1.165, 1.54) is 11.6 Å². The fourth-order valence-corrected chi connectivity index (χ4v) is 4.70. The van der Waals surface area contributed by atoms with Gasteiger partial charge in [0, 0.05) is 28.5 Å². The quantitative estimate of drug-likeness (QED) is 0.282. The monoisotopic (exact) mass is 518 g/mol. The van der Waals surface area contributed by atoms with Crippen LogP contribution in [0, 0.1) is 25.2 Å². The Morgan fingerprint density at radius 2 is 1.85 bits per heavy atom. The molecular formula is C32H26N2O5. The lowest BCUT2D eigenvalue weighted by Crippen LogP contribution is -2.21. The second kappa shape index (κ2) is 10.8. The SMILES string of the molecule is Cc1cccc(-c2cccc(CC(=O)c3ccc(Oc4cc5c(cc4C#N)C(C(=O)O)CCO5)cc3)n2)c1C. The van der Waals surface area contributed by atoms with Crippen molar-refractivity contribution in [3.8, 4) is 34.6 Å². The first-order valence-electron chi connectivity index (χ1n) is 12.6. The van der Waals surface area contributed by atoms with Crippen LogP contribution in [0.3, 0.4) is 0 Å². The molecule has 7 heteroatoms. The van der Waals surface area contributed by atoms with Gasteiger partial charge in [0.25, 0.3) is 0 Å². The van der Waals surface area contributed by atoms with Gasteiger partial charge in [0.1, 0.15) is 23.3 Å². The van der Waals surface area contributed by atoms with Gasteiger partial charge in [-0.25, -0.2) is 0 Å². The number of Topliss-reactive ketones (excluding diaryl/α,β-unsaturated/α-hetero) is 1. The molecule has 0 saturated heterocycles. The fourth-order valence-electron chi connectivity index (χ4n) is 4.70. The van der Waals surface area contributed by atoms with Gasteiger partial charge in [0.2, 0.25) is 0 Å². The predicted octanol–water partition coefficient (Wildman–Crippen LogP) is 6.41. The summed E-state index contributed by atoms with van der Waals surface area (Å²) < 4.78 is 11.6. The van der Waals surface area contributed by atoms with Crippen molar-refractivity contribution in [2.75, 3.05) is 6.61 Å². The van der Waals surface area contributed by atoms with E-state index in [0.29, 0.717) is 34.7 Å². The lowest BCUT2D eigenvalue weighted by atomic mass is 9.91. The molecule has 1 N–H and O–H groups in total. The Kier molecular flexibility index (Phi) is 7.11. The summed E-state index contributed by atoms with van der Waals surface area (Å²) in [5, 5.41) is 19.1. The average molecular weight is 519 g/mol. The number of aryl methyl sites for hydroxylation is 1. The first-order valence-corrected chi connectivity index (χ1v) is 12.6. The summed E-state index contributed by atoms with van der Waals surface area (Å²) >= 11 is 0. The molecule has 4 aromatic rings. The maximum Gasteiger partial charge on any atom is 0.311 e. The minimum absolute atomic E-state index is 0.0771. The van der Waals surface area contributed by atoms with Crippen LogP contribution in [-0.2, 0) is 11.2 Å². The van der Waals surface area contributed by atoms with E-state index < -0.39 is 11.9 Å². The van der Waals surface area contributed by atoms with E-state index >= 15 is 0 Å². The molecule has 1 unspecified atom stereocenters. The highest BCUT2D eigenvalue weighted by atomic mass is 16.5. The third-order valence-corrected chi connectivity index (χ3v) is 7.00. The number of pyridine rings is 1. The molecule has 0 radical (unpaired) electrons. The molecule has 0 amide bonds. The minimum atomic E-state index is -0.954. The first-order chi connectivity index (χ1) is 18.8. The van der Waals surface area contributed by atoms with Gasteiger partial charge in [0.15, 0.2) is 5.78 Å². The Morgan fingerprint density at radius 3 is 2.59 bits per heavy atom. The summed E-state index contributed by atoms with van der Waals surface area (Å²) in [6.45, 7) is 4.40. The number of carbonyl (C=O) groups excluding carboxylic acids is 1. The lowest BCUT2D eigenvalue weighted by molar-refractivity contribution is -0.139. The zero-order chi connectivity index (χ0) is 27.5. The standard InChI is InChI=1S/C32H26N2O5/c1-19-5-3-7-25(20(19)2)28-8-4-6-23(34-28)16-29(35)21-9-11-24(12-10-21)39-30-17-31-27(15-22(30)18-33)26(32(36)37)13-14-38-31/h3-12,15,17,26H,13-14,16H2,1-2H3,(H,36,37). The van der Waals surface area contributed by atoms with Crippen LogP contribution in [0.25, 0.3) is 11.3 Å². The van der Waals surface area contributed by atoms with E-state index in [1.807, 2.05) is 30.3 Å². The normalized spacial score (nSPS) is 14.0. The number of carbonyl (C=O) groups is 2. The molecule has 1 aliphatic rings. The Morgan fingerprint density at radius 1 is 1.08 bits per heavy atom. The second-order valence-electron chi connectivity index (χ2n) is 9.51. The van der Waals surface area contributed by atoms with Crippen molar-refractivity contribution in [1.82, 2.24) is 4.98 Å². The molecule has 0 bridgehead atoms. The Balaban J connectivity index is 1.31. The number of ether oxygens (including phenoxy) is 2. The highest BCUT2D eigenvalue weighted by molar-refractivity contribution is 5.97. The maximum absolute atomic E-state index is 13.0. The van der Waals surface area contributed by atoms with E-state index in [2.05, 4.69) is 26.0 Å². The van der Waals surface area contributed by atoms with Crippen molar-refractivity contribution in [2.45, 2.75) is 32.6 Å². The van der Waals surface area contributed by atoms with Crippen LogP contribution >= 0.6 is 0 Å². The van der Waals surface area contributed by atoms with Crippen molar-refractivity contribution >= 4 is 11.8 Å². The van der Waals surface area contributed by atoms with Gasteiger partial charge in [-0.2, -0.15) is 5.26 Å². The summed E-state index contributed by atoms with van der Waals surface area (Å²) in [5.74, 6) is -0.671. The summed E-state index contributed by atoms with van der Waals surface area (Å²) in [5.41, 5.74) is 6.11. The van der Waals surface area contributed by atoms with Gasteiger partial charge in [0.05, 0.1) is 30.2 Å². The highest BCUT2D eigenvalue weighted by Crippen LogP contribution is 2.39. The van der Waals surface area contributed by atoms with Crippen LogP contribution in [0.1, 0.15) is 50.6 Å². The average Bonchev–Trinajstić information content (AvgIpc) is 2.94. The minimum Gasteiger partial charge on any atom is -0.493 e. The number of nitrogens with zero attached hydrogens (tertiary/aromatic N) is 2. The van der Waals surface area contributed by atoms with Crippen LogP contribution < -0.4 is 9.47 Å². The van der Waals surface area contributed by atoms with Gasteiger partial charge >= 0.3 is 5.97 Å². The molecule has 0 aliphatic carbocycles. The largest absolute Gasteiger partial charge is 0.493 e. The van der Waals surface area contributed by atoms with E-state index in [0.717, 1.165) is 16.8 Å². The van der Waals surface area contributed by atoms with Crippen LogP contribution in [0.4, 0.5) is 0 Å². The van der Waals surface area contributed by atoms with Gasteiger partial charge < -0.3 is 14.6 Å². The zero-order valence-electron chi connectivity index (χ0n) is 21.6. The number of aromatic nitrogens is 1. The molecule has 0 fully saturated rings. The van der Waals surface area contributed by atoms with Crippen molar-refractivity contribution < 1.29 is 24.2 Å². The molecule has 1 aliphatic heterocycles. The Hall–Kier alpha value is -4.96. The number of hydrogen-bond donors (Lipinski definition) is 1. The molecule has 7 nitrogen and oxygen atoms in total. The fraction of sp³-hybridized carbons (Fsp3) is 0.188. The van der Waals surface area contributed by atoms with E-state index in [4.69, 9.17) is 14.5 Å². The molecule has 3 aromatic carbocycles. The number of rotatable bonds is 7. The molecular weight excluding hydrogens is 492 g/mol. The molecule has 1 atom stereocenters. The van der Waals surface area contributed by atoms with Crippen molar-refractivity contribution in [2.24, 2.45) is 0 Å². The highest BCUT2D eigenvalue weighted by Gasteiger charge is 2.29. The van der Waals surface area contributed by atoms with E-state index in [-0.39, 0.29) is 30.1 Å². The summed E-state index contributed by atoms with van der Waals surface area (Å²) in [4.78, 5) is 29.3. The number of carboxylic acids is 1. The van der Waals surface area contributed by atoms with Gasteiger partial charge in [-0.15, -0.1) is 0 Å². The molecule has 1 aromatic heterocycles. The molecule has 0 saturated carbocycles. The number of aliphatic carboxylic acids is 1. The van der Waals surface area contributed by atoms with Crippen molar-refractivity contribution in [3.05, 3.63) is 106 Å². The maximum atomic E-state index is 13.0. The molecule has 0 spiro atoms. The smallest absolute Gasteiger partial charge is 0.311 e. The van der Waals surface area contributed by atoms with E-state index in [1.54, 1.807) is 30.3 Å². The summed E-state index contributed by atoms with van der Waals surface area (Å²) in [6.07, 6.45) is 0.499. The Bertz CT molecular complexity index is 1620. The lowest BCUT2D eigenvalue weighted by Gasteiger charge is -2.24. The molecule has 2 heterocycles. The number of ketones is 1. The van der Waals surface area contributed by atoms with Gasteiger partial charge in [-0.1, -0.05) is 24.3 Å². The second-order valence-corrected chi connectivity index (χ2v) is 9.51. The van der Waals surface area contributed by atoms with Gasteiger partial charge in [-0.05, 0) is 73.9 Å². The summed E-state index contributed by atoms with van der Waals surface area (Å²) in [7, 11) is 0. The molecule has 194 valence electrons. The topological polar surface area (TPSA) is 110 Å². The third-order valence-electron chi connectivity index (χ3n) is 7.00. The predicted molar refractivity (Wildman–Crippen MR) is 145 cm³/mol. The Labute approximate surface area is 226 Å². The van der Waals surface area contributed by atoms with Gasteiger partial charge in [-0.3, -0.25) is 14.6 Å². The van der Waals surface area contributed by atoms with Crippen molar-refractivity contribution in [1.29, 1.82) is 5.26 Å². The zero-order valence-corrected chi connectivity index (χ0v) is 21.6. The van der Waals surface area contributed by atoms with Crippen molar-refractivity contribution in [3.63, 3.8) is 0 Å². The molecule has 39 heavy (non-hydrogen) atoms. The molecule has 5 rings (SSSR count). The van der Waals surface area contributed by atoms with Crippen LogP contribution in [-0.4, -0.2) is 28.4 Å². The van der Waals surface area contributed by atoms with Crippen LogP contribution in [0.15, 0.2) is 72.8 Å². The number of benzene rings is 3. The van der Waals surface area contributed by atoms with E-state index in [9.17, 15) is 20.0 Å². The number of fused-ring (bicyclic) bond motifs is 1.